The van der Waals surface area contributed by atoms with Crippen LogP contribution < -0.4 is 5.32 Å². The lowest BCUT2D eigenvalue weighted by Gasteiger charge is -2.10. The second-order valence-electron chi connectivity index (χ2n) is 6.28. The van der Waals surface area contributed by atoms with Crippen LogP contribution in [-0.2, 0) is 21.1 Å². The fourth-order valence-electron chi connectivity index (χ4n) is 2.23. The normalized spacial score (nSPS) is 14.4. The summed E-state index contributed by atoms with van der Waals surface area (Å²) in [5, 5.41) is 2.61. The van der Waals surface area contributed by atoms with Crippen LogP contribution in [0.25, 0.3) is 0 Å². The van der Waals surface area contributed by atoms with E-state index in [1.807, 2.05) is 0 Å². The van der Waals surface area contributed by atoms with Crippen molar-refractivity contribution in [2.45, 2.75) is 71.1 Å². The first-order valence-corrected chi connectivity index (χ1v) is 12.7. The molecule has 0 heterocycles. The van der Waals surface area contributed by atoms with Gasteiger partial charge >= 0.3 is 0 Å². The maximum Gasteiger partial charge on any atom is 0.221 e. The molecule has 0 aliphatic carbocycles. The topological polar surface area (TPSA) is 58.6 Å². The Morgan fingerprint density at radius 3 is 2.23 bits per heavy atom. The van der Waals surface area contributed by atoms with Gasteiger partial charge in [0.05, 0.1) is 0 Å². The fraction of sp³-hybridized carbons (Fsp3) is 0.650. The maximum atomic E-state index is 11.6. The largest absolute Gasteiger partial charge is 0.345 e. The van der Waals surface area contributed by atoms with E-state index < -0.39 is 6.49 Å². The molecule has 6 heteroatoms. The van der Waals surface area contributed by atoms with Crippen molar-refractivity contribution in [3.8, 4) is 0 Å². The van der Waals surface area contributed by atoms with Gasteiger partial charge in [-0.05, 0) is 50.3 Å². The lowest BCUT2D eigenvalue weighted by Crippen LogP contribution is -2.25. The van der Waals surface area contributed by atoms with Crippen molar-refractivity contribution in [3.05, 3.63) is 36.5 Å². The quantitative estimate of drug-likeness (QED) is 0.153. The first kappa shape index (κ1) is 25.3. The Labute approximate surface area is 165 Å². The van der Waals surface area contributed by atoms with Crippen molar-refractivity contribution in [2.24, 2.45) is 0 Å². The zero-order chi connectivity index (χ0) is 19.5. The van der Waals surface area contributed by atoms with Crippen LogP contribution in [0.1, 0.15) is 71.1 Å². The second kappa shape index (κ2) is 17.7. The molecule has 0 aromatic carbocycles. The summed E-state index contributed by atoms with van der Waals surface area (Å²) in [6.07, 6.45) is 23.6. The van der Waals surface area contributed by atoms with E-state index in [2.05, 4.69) is 48.7 Å². The molecule has 0 aromatic heterocycles. The van der Waals surface area contributed by atoms with Gasteiger partial charge in [-0.3, -0.25) is 4.79 Å². The minimum absolute atomic E-state index is 0.0000743. The van der Waals surface area contributed by atoms with Crippen molar-refractivity contribution < 1.29 is 14.2 Å². The zero-order valence-corrected chi connectivity index (χ0v) is 18.1. The minimum Gasteiger partial charge on any atom is -0.345 e. The van der Waals surface area contributed by atoms with Crippen LogP contribution in [-0.4, -0.2) is 24.2 Å². The van der Waals surface area contributed by atoms with Gasteiger partial charge in [0.15, 0.2) is 6.49 Å². The zero-order valence-electron chi connectivity index (χ0n) is 16.4. The number of rotatable bonds is 16. The molecular weight excluding hydrogens is 365 g/mol. The number of carbonyl (C=O) groups excluding carboxylic acids is 1. The average molecular weight is 402 g/mol. The number of allylic oxidation sites excluding steroid dienone is 6. The van der Waals surface area contributed by atoms with Gasteiger partial charge < -0.3 is 14.7 Å². The van der Waals surface area contributed by atoms with Crippen molar-refractivity contribution in [3.63, 3.8) is 0 Å². The number of carbonyl (C=O) groups is 1. The number of unbranched alkanes of at least 4 members (excludes halogenated alkanes) is 5. The molecule has 1 amide bonds. The minimum atomic E-state index is -2.68. The van der Waals surface area contributed by atoms with Crippen LogP contribution in [0.4, 0.5) is 0 Å². The monoisotopic (exact) mass is 401 g/mol. The van der Waals surface area contributed by atoms with Gasteiger partial charge in [0.1, 0.15) is 6.73 Å². The van der Waals surface area contributed by atoms with Gasteiger partial charge in [0.2, 0.25) is 5.91 Å². The summed E-state index contributed by atoms with van der Waals surface area (Å²) < 4.78 is 4.96. The highest BCUT2D eigenvalue weighted by atomic mass is 32.5. The maximum absolute atomic E-state index is 11.6. The number of amides is 1. The Kier molecular flexibility index (Phi) is 17.2. The number of nitrogens with one attached hydrogen (secondary N) is 1. The summed E-state index contributed by atoms with van der Waals surface area (Å²) in [5.41, 5.74) is 0. The summed E-state index contributed by atoms with van der Waals surface area (Å²) in [6, 6.07) is 0. The van der Waals surface area contributed by atoms with E-state index in [1.54, 1.807) is 0 Å². The standard InChI is InChI=1S/C20H36NO3PS/c1-3-4-5-6-7-8-9-10-11-12-13-14-15-16-17-18-20(22)21-19-24-25(2,23)26/h4-5,7-8,10-11H,3,6,9,12-19H2,1-2H3,(H,21,22)(H,23,26)/b5-4-,8-7-,11-10-. The molecule has 0 rings (SSSR count). The van der Waals surface area contributed by atoms with E-state index in [-0.39, 0.29) is 12.6 Å². The van der Waals surface area contributed by atoms with Gasteiger partial charge in [-0.2, -0.15) is 0 Å². The number of hydrogen-bond acceptors (Lipinski definition) is 3. The molecule has 0 saturated heterocycles. The van der Waals surface area contributed by atoms with Crippen LogP contribution in [0, 0.1) is 0 Å². The van der Waals surface area contributed by atoms with Crippen LogP contribution in [0.3, 0.4) is 0 Å². The fourth-order valence-corrected chi connectivity index (χ4v) is 2.69. The molecule has 1 atom stereocenters. The molecule has 0 aromatic rings. The van der Waals surface area contributed by atoms with E-state index in [4.69, 9.17) is 16.3 Å². The second-order valence-corrected chi connectivity index (χ2v) is 10.2. The SMILES string of the molecule is CC/C=C\C/C=C\C/C=C\CCCCCCCC(=O)NCOP(C)(O)=S. The van der Waals surface area contributed by atoms with Crippen LogP contribution in [0.5, 0.6) is 0 Å². The third-order valence-electron chi connectivity index (χ3n) is 3.63. The Morgan fingerprint density at radius 2 is 1.58 bits per heavy atom. The van der Waals surface area contributed by atoms with Gasteiger partial charge in [0, 0.05) is 13.1 Å². The predicted molar refractivity (Wildman–Crippen MR) is 116 cm³/mol. The summed E-state index contributed by atoms with van der Waals surface area (Å²) in [6.45, 7) is 0.934. The van der Waals surface area contributed by atoms with Crippen molar-refractivity contribution >= 4 is 24.2 Å². The summed E-state index contributed by atoms with van der Waals surface area (Å²) in [7, 11) is 0. The summed E-state index contributed by atoms with van der Waals surface area (Å²) in [4.78, 5) is 20.8. The highest BCUT2D eigenvalue weighted by Gasteiger charge is 2.05. The van der Waals surface area contributed by atoms with Crippen LogP contribution >= 0.6 is 6.49 Å². The molecule has 0 spiro atoms. The Bertz CT molecular complexity index is 483. The molecular formula is C20H36NO3PS. The predicted octanol–water partition coefficient (Wildman–Crippen LogP) is 5.60. The first-order chi connectivity index (χ1) is 12.5. The third-order valence-corrected chi connectivity index (χ3v) is 4.55. The molecule has 1 unspecified atom stereocenters. The molecule has 0 radical (unpaired) electrons. The van der Waals surface area contributed by atoms with Gasteiger partial charge in [-0.1, -0.05) is 62.6 Å². The van der Waals surface area contributed by atoms with E-state index in [1.165, 1.54) is 19.5 Å². The lowest BCUT2D eigenvalue weighted by atomic mass is 10.1. The summed E-state index contributed by atoms with van der Waals surface area (Å²) in [5.74, 6) is -0.0466. The highest BCUT2D eigenvalue weighted by Crippen LogP contribution is 2.36. The Balaban J connectivity index is 3.37. The molecule has 0 aliphatic heterocycles. The smallest absolute Gasteiger partial charge is 0.221 e. The van der Waals surface area contributed by atoms with Crippen molar-refractivity contribution in [2.75, 3.05) is 13.4 Å². The van der Waals surface area contributed by atoms with E-state index in [0.717, 1.165) is 44.9 Å². The average Bonchev–Trinajstić information content (AvgIpc) is 2.57. The van der Waals surface area contributed by atoms with Crippen LogP contribution in [0.2, 0.25) is 0 Å². The molecule has 26 heavy (non-hydrogen) atoms. The lowest BCUT2D eigenvalue weighted by molar-refractivity contribution is -0.122. The molecule has 0 aliphatic rings. The molecule has 2 N–H and O–H groups in total. The Hall–Kier alpha value is -0.740. The van der Waals surface area contributed by atoms with E-state index >= 15 is 0 Å². The first-order valence-electron chi connectivity index (χ1n) is 9.62. The third kappa shape index (κ3) is 21.3. The summed E-state index contributed by atoms with van der Waals surface area (Å²) >= 11 is 4.73. The Morgan fingerprint density at radius 1 is 1.00 bits per heavy atom. The van der Waals surface area contributed by atoms with Gasteiger partial charge in [-0.25, -0.2) is 0 Å². The van der Waals surface area contributed by atoms with Gasteiger partial charge in [-0.15, -0.1) is 0 Å². The molecule has 0 bridgehead atoms. The van der Waals surface area contributed by atoms with E-state index in [0.29, 0.717) is 6.42 Å². The molecule has 0 fully saturated rings. The number of hydrogen-bond donors (Lipinski definition) is 2. The van der Waals surface area contributed by atoms with Gasteiger partial charge in [0.25, 0.3) is 0 Å². The van der Waals surface area contributed by atoms with E-state index in [9.17, 15) is 9.69 Å². The van der Waals surface area contributed by atoms with Crippen LogP contribution in [0.15, 0.2) is 36.5 Å². The van der Waals surface area contributed by atoms with Crippen molar-refractivity contribution in [1.29, 1.82) is 0 Å². The molecule has 0 saturated carbocycles. The molecule has 150 valence electrons. The van der Waals surface area contributed by atoms with Crippen molar-refractivity contribution in [1.82, 2.24) is 5.32 Å². The highest BCUT2D eigenvalue weighted by molar-refractivity contribution is 8.09. The molecule has 4 nitrogen and oxygen atoms in total.